The predicted molar refractivity (Wildman–Crippen MR) is 146 cm³/mol. The van der Waals surface area contributed by atoms with Gasteiger partial charge >= 0.3 is 0 Å². The lowest BCUT2D eigenvalue weighted by molar-refractivity contribution is 0.171. The number of nitrogens with zero attached hydrogens (tertiary/aromatic N) is 4. The van der Waals surface area contributed by atoms with Gasteiger partial charge in [-0.3, -0.25) is 4.90 Å². The first-order valence-electron chi connectivity index (χ1n) is 13.7. The molecule has 2 aliphatic heterocycles. The molecule has 5 rings (SSSR count). The van der Waals surface area contributed by atoms with E-state index in [1.165, 1.54) is 19.3 Å². The highest BCUT2D eigenvalue weighted by Gasteiger charge is 2.31. The summed E-state index contributed by atoms with van der Waals surface area (Å²) in [5.41, 5.74) is 4.08. The van der Waals surface area contributed by atoms with Crippen molar-refractivity contribution >= 4 is 11.4 Å². The van der Waals surface area contributed by atoms with Crippen LogP contribution >= 0.6 is 0 Å². The fourth-order valence-corrected chi connectivity index (χ4v) is 6.12. The van der Waals surface area contributed by atoms with Crippen LogP contribution in [-0.2, 0) is 4.84 Å². The molecule has 3 aliphatic rings. The van der Waals surface area contributed by atoms with Gasteiger partial charge in [-0.05, 0) is 49.6 Å². The zero-order valence-corrected chi connectivity index (χ0v) is 21.9. The van der Waals surface area contributed by atoms with E-state index in [2.05, 4.69) is 33.2 Å². The first-order valence-corrected chi connectivity index (χ1v) is 13.7. The summed E-state index contributed by atoms with van der Waals surface area (Å²) in [5.74, 6) is 2.23. The van der Waals surface area contributed by atoms with Crippen LogP contribution in [-0.4, -0.2) is 63.7 Å². The number of piperazine rings is 1. The fourth-order valence-electron chi connectivity index (χ4n) is 6.12. The van der Waals surface area contributed by atoms with E-state index in [0.717, 1.165) is 86.0 Å². The number of nitriles is 1. The number of hydrogen-bond acceptors (Lipinski definition) is 7. The highest BCUT2D eigenvalue weighted by atomic mass is 16.6. The number of para-hydroxylation sites is 1. The standard InChI is InChI=1S/C30H38N4O3/c1-35-32-29(23-8-3-2-4-9-23)26(25-11-6-5-10-24(25)22-31)14-15-33-16-18-34(19-17-33)27-12-7-13-28-30(27)37-21-20-36-28/h5-7,10-13,23,26H,2-4,8-9,14-21H2,1H3/b32-29+/t26-/m1/s1. The van der Waals surface area contributed by atoms with E-state index in [1.807, 2.05) is 30.3 Å². The lowest BCUT2D eigenvalue weighted by Crippen LogP contribution is -2.47. The molecule has 1 saturated carbocycles. The van der Waals surface area contributed by atoms with Crippen molar-refractivity contribution in [2.24, 2.45) is 11.1 Å². The van der Waals surface area contributed by atoms with Gasteiger partial charge in [-0.15, -0.1) is 0 Å². The summed E-state index contributed by atoms with van der Waals surface area (Å²) in [6, 6.07) is 16.6. The van der Waals surface area contributed by atoms with Crippen LogP contribution in [0.15, 0.2) is 47.6 Å². The molecule has 7 heteroatoms. The number of benzene rings is 2. The minimum atomic E-state index is 0.0867. The highest BCUT2D eigenvalue weighted by molar-refractivity contribution is 5.93. The van der Waals surface area contributed by atoms with Crippen molar-refractivity contribution in [1.82, 2.24) is 4.90 Å². The van der Waals surface area contributed by atoms with E-state index in [-0.39, 0.29) is 5.92 Å². The van der Waals surface area contributed by atoms with Crippen LogP contribution in [0.4, 0.5) is 5.69 Å². The summed E-state index contributed by atoms with van der Waals surface area (Å²) in [6.45, 7) is 6.02. The SMILES string of the molecule is CO/N=C(\C1CCCCC1)[C@H](CCN1CCN(c2cccc3c2OCCO3)CC1)c1ccccc1C#N. The predicted octanol–water partition coefficient (Wildman–Crippen LogP) is 5.21. The molecule has 2 aromatic carbocycles. The van der Waals surface area contributed by atoms with Crippen molar-refractivity contribution in [2.45, 2.75) is 44.4 Å². The van der Waals surface area contributed by atoms with Crippen LogP contribution in [0.3, 0.4) is 0 Å². The van der Waals surface area contributed by atoms with Crippen molar-refractivity contribution in [3.8, 4) is 17.6 Å². The molecule has 0 bridgehead atoms. The average molecular weight is 503 g/mol. The van der Waals surface area contributed by atoms with Gasteiger partial charge < -0.3 is 19.2 Å². The quantitative estimate of drug-likeness (QED) is 0.365. The molecule has 196 valence electrons. The molecule has 2 aromatic rings. The molecule has 37 heavy (non-hydrogen) atoms. The van der Waals surface area contributed by atoms with Crippen molar-refractivity contribution in [3.05, 3.63) is 53.6 Å². The molecule has 2 heterocycles. The minimum absolute atomic E-state index is 0.0867. The topological polar surface area (TPSA) is 70.3 Å². The molecule has 0 spiro atoms. The Labute approximate surface area is 220 Å². The van der Waals surface area contributed by atoms with Crippen LogP contribution in [0.1, 0.15) is 55.6 Å². The zero-order valence-electron chi connectivity index (χ0n) is 21.9. The van der Waals surface area contributed by atoms with Gasteiger partial charge in [0.2, 0.25) is 0 Å². The van der Waals surface area contributed by atoms with Gasteiger partial charge in [-0.1, -0.05) is 48.7 Å². The largest absolute Gasteiger partial charge is 0.486 e. The smallest absolute Gasteiger partial charge is 0.184 e. The number of oxime groups is 1. The van der Waals surface area contributed by atoms with E-state index in [1.54, 1.807) is 7.11 Å². The van der Waals surface area contributed by atoms with Crippen molar-refractivity contribution in [3.63, 3.8) is 0 Å². The summed E-state index contributed by atoms with van der Waals surface area (Å²) in [4.78, 5) is 10.3. The summed E-state index contributed by atoms with van der Waals surface area (Å²) >= 11 is 0. The maximum atomic E-state index is 9.87. The third kappa shape index (κ3) is 5.86. The maximum absolute atomic E-state index is 9.87. The number of rotatable bonds is 8. The van der Waals surface area contributed by atoms with Gasteiger partial charge in [-0.2, -0.15) is 5.26 Å². The van der Waals surface area contributed by atoms with E-state index >= 15 is 0 Å². The van der Waals surface area contributed by atoms with E-state index in [9.17, 15) is 5.26 Å². The molecule has 0 amide bonds. The van der Waals surface area contributed by atoms with E-state index < -0.39 is 0 Å². The minimum Gasteiger partial charge on any atom is -0.486 e. The van der Waals surface area contributed by atoms with Crippen molar-refractivity contribution in [1.29, 1.82) is 5.26 Å². The van der Waals surface area contributed by atoms with Crippen LogP contribution in [0.25, 0.3) is 0 Å². The highest BCUT2D eigenvalue weighted by Crippen LogP contribution is 2.40. The summed E-state index contributed by atoms with van der Waals surface area (Å²) < 4.78 is 11.7. The van der Waals surface area contributed by atoms with Crippen LogP contribution in [0.5, 0.6) is 11.5 Å². The average Bonchev–Trinajstić information content (AvgIpc) is 2.97. The molecule has 0 aromatic heterocycles. The second-order valence-corrected chi connectivity index (χ2v) is 10.2. The lowest BCUT2D eigenvalue weighted by Gasteiger charge is -2.38. The van der Waals surface area contributed by atoms with Gasteiger partial charge in [0.25, 0.3) is 0 Å². The second kappa shape index (κ2) is 12.3. The van der Waals surface area contributed by atoms with Gasteiger partial charge in [0.1, 0.15) is 20.3 Å². The second-order valence-electron chi connectivity index (χ2n) is 10.2. The Morgan fingerprint density at radius 2 is 1.81 bits per heavy atom. The van der Waals surface area contributed by atoms with Gasteiger partial charge in [0.15, 0.2) is 11.5 Å². The van der Waals surface area contributed by atoms with Crippen LogP contribution < -0.4 is 14.4 Å². The molecule has 1 aliphatic carbocycles. The van der Waals surface area contributed by atoms with Gasteiger partial charge in [0, 0.05) is 38.0 Å². The normalized spacial score (nSPS) is 19.8. The Bertz CT molecular complexity index is 1110. The number of ether oxygens (including phenoxy) is 2. The van der Waals surface area contributed by atoms with Crippen molar-refractivity contribution < 1.29 is 14.3 Å². The lowest BCUT2D eigenvalue weighted by atomic mass is 9.76. The molecule has 0 unspecified atom stereocenters. The monoisotopic (exact) mass is 502 g/mol. The Balaban J connectivity index is 1.29. The fraction of sp³-hybridized carbons (Fsp3) is 0.533. The molecule has 1 saturated heterocycles. The van der Waals surface area contributed by atoms with Crippen LogP contribution in [0, 0.1) is 17.2 Å². The Kier molecular flexibility index (Phi) is 8.47. The third-order valence-electron chi connectivity index (χ3n) is 8.03. The number of hydrogen-bond donors (Lipinski definition) is 0. The molecule has 0 N–H and O–H groups in total. The van der Waals surface area contributed by atoms with E-state index in [4.69, 9.17) is 14.3 Å². The first kappa shape index (κ1) is 25.4. The Morgan fingerprint density at radius 3 is 2.59 bits per heavy atom. The molecule has 1 atom stereocenters. The Morgan fingerprint density at radius 1 is 1.03 bits per heavy atom. The van der Waals surface area contributed by atoms with Gasteiger partial charge in [-0.25, -0.2) is 0 Å². The number of fused-ring (bicyclic) bond motifs is 1. The van der Waals surface area contributed by atoms with Gasteiger partial charge in [0.05, 0.1) is 23.0 Å². The molecule has 0 radical (unpaired) electrons. The molecular weight excluding hydrogens is 464 g/mol. The third-order valence-corrected chi connectivity index (χ3v) is 8.03. The van der Waals surface area contributed by atoms with E-state index in [0.29, 0.717) is 19.1 Å². The van der Waals surface area contributed by atoms with Crippen molar-refractivity contribution in [2.75, 3.05) is 57.9 Å². The number of anilines is 1. The molecule has 7 nitrogen and oxygen atoms in total. The Hall–Kier alpha value is -3.24. The first-order chi connectivity index (χ1) is 18.3. The zero-order chi connectivity index (χ0) is 25.5. The van der Waals surface area contributed by atoms with Crippen LogP contribution in [0.2, 0.25) is 0 Å². The summed E-state index contributed by atoms with van der Waals surface area (Å²) in [7, 11) is 1.65. The molecule has 2 fully saturated rings. The summed E-state index contributed by atoms with van der Waals surface area (Å²) in [6.07, 6.45) is 7.00. The molecular formula is C30H38N4O3. The summed E-state index contributed by atoms with van der Waals surface area (Å²) in [5, 5.41) is 14.5. The maximum Gasteiger partial charge on any atom is 0.184 e.